The predicted molar refractivity (Wildman–Crippen MR) is 80.8 cm³/mol. The lowest BCUT2D eigenvalue weighted by Crippen LogP contribution is -2.06. The number of halogens is 1. The SMILES string of the molecule is Cc1cccnc1CNc1nc(Cl)nc2ccccc12. The molecule has 3 rings (SSSR count). The molecule has 0 aliphatic carbocycles. The van der Waals surface area contributed by atoms with E-state index in [1.807, 2.05) is 43.3 Å². The Morgan fingerprint density at radius 2 is 1.95 bits per heavy atom. The summed E-state index contributed by atoms with van der Waals surface area (Å²) in [5.74, 6) is 0.727. The minimum Gasteiger partial charge on any atom is -0.364 e. The highest BCUT2D eigenvalue weighted by atomic mass is 35.5. The van der Waals surface area contributed by atoms with Crippen LogP contribution in [0.2, 0.25) is 5.28 Å². The maximum atomic E-state index is 5.96. The second-order valence-corrected chi connectivity index (χ2v) is 4.82. The molecule has 2 aromatic heterocycles. The number of nitrogens with one attached hydrogen (secondary N) is 1. The molecule has 100 valence electrons. The van der Waals surface area contributed by atoms with Crippen molar-refractivity contribution in [3.8, 4) is 0 Å². The third kappa shape index (κ3) is 2.56. The maximum Gasteiger partial charge on any atom is 0.224 e. The van der Waals surface area contributed by atoms with Crippen molar-refractivity contribution in [3.05, 3.63) is 59.1 Å². The van der Waals surface area contributed by atoms with Gasteiger partial charge in [-0.05, 0) is 42.3 Å². The standard InChI is InChI=1S/C15H13ClN4/c1-10-5-4-8-17-13(10)9-18-14-11-6-2-3-7-12(11)19-15(16)20-14/h2-8H,9H2,1H3,(H,18,19,20). The molecule has 0 spiro atoms. The summed E-state index contributed by atoms with van der Waals surface area (Å²) in [6.45, 7) is 2.64. The third-order valence-corrected chi connectivity index (χ3v) is 3.29. The number of anilines is 1. The molecule has 0 aliphatic heterocycles. The molecule has 0 aliphatic rings. The molecule has 0 radical (unpaired) electrons. The number of nitrogens with zero attached hydrogens (tertiary/aromatic N) is 3. The molecule has 0 fully saturated rings. The van der Waals surface area contributed by atoms with E-state index < -0.39 is 0 Å². The van der Waals surface area contributed by atoms with Crippen LogP contribution >= 0.6 is 11.6 Å². The minimum atomic E-state index is 0.240. The Morgan fingerprint density at radius 1 is 1.10 bits per heavy atom. The summed E-state index contributed by atoms with van der Waals surface area (Å²) < 4.78 is 0. The Hall–Kier alpha value is -2.20. The second-order valence-electron chi connectivity index (χ2n) is 4.48. The van der Waals surface area contributed by atoms with Gasteiger partial charge in [0.25, 0.3) is 0 Å². The van der Waals surface area contributed by atoms with Crippen LogP contribution in [0.1, 0.15) is 11.3 Å². The topological polar surface area (TPSA) is 50.7 Å². The second kappa shape index (κ2) is 5.43. The van der Waals surface area contributed by atoms with Crippen molar-refractivity contribution in [2.45, 2.75) is 13.5 Å². The van der Waals surface area contributed by atoms with Gasteiger partial charge in [0.2, 0.25) is 5.28 Å². The van der Waals surface area contributed by atoms with E-state index in [1.54, 1.807) is 6.20 Å². The molecule has 0 atom stereocenters. The fourth-order valence-electron chi connectivity index (χ4n) is 2.05. The monoisotopic (exact) mass is 284 g/mol. The average molecular weight is 285 g/mol. The van der Waals surface area contributed by atoms with Crippen LogP contribution in [-0.4, -0.2) is 15.0 Å². The number of aryl methyl sites for hydroxylation is 1. The van der Waals surface area contributed by atoms with E-state index in [9.17, 15) is 0 Å². The largest absolute Gasteiger partial charge is 0.364 e. The highest BCUT2D eigenvalue weighted by molar-refractivity contribution is 6.28. The van der Waals surface area contributed by atoms with Gasteiger partial charge < -0.3 is 5.32 Å². The first-order chi connectivity index (χ1) is 9.74. The van der Waals surface area contributed by atoms with Crippen LogP contribution in [0, 0.1) is 6.92 Å². The Balaban J connectivity index is 1.93. The fourth-order valence-corrected chi connectivity index (χ4v) is 2.23. The molecule has 3 aromatic rings. The van der Waals surface area contributed by atoms with Crippen LogP contribution in [0.25, 0.3) is 10.9 Å². The van der Waals surface area contributed by atoms with Gasteiger partial charge in [0.1, 0.15) is 5.82 Å². The molecule has 2 heterocycles. The summed E-state index contributed by atoms with van der Waals surface area (Å²) in [6.07, 6.45) is 1.79. The minimum absolute atomic E-state index is 0.240. The first-order valence-electron chi connectivity index (χ1n) is 6.31. The summed E-state index contributed by atoms with van der Waals surface area (Å²) in [7, 11) is 0. The summed E-state index contributed by atoms with van der Waals surface area (Å²) >= 11 is 5.96. The number of pyridine rings is 1. The van der Waals surface area contributed by atoms with Gasteiger partial charge in [0.15, 0.2) is 0 Å². The number of rotatable bonds is 3. The molecular weight excluding hydrogens is 272 g/mol. The van der Waals surface area contributed by atoms with Gasteiger partial charge in [0.05, 0.1) is 17.8 Å². The van der Waals surface area contributed by atoms with Crippen LogP contribution < -0.4 is 5.32 Å². The number of benzene rings is 1. The number of hydrogen-bond donors (Lipinski definition) is 1. The quantitative estimate of drug-likeness (QED) is 0.747. The summed E-state index contributed by atoms with van der Waals surface area (Å²) in [4.78, 5) is 12.8. The molecule has 1 aromatic carbocycles. The molecule has 0 bridgehead atoms. The predicted octanol–water partition coefficient (Wildman–Crippen LogP) is 3.60. The van der Waals surface area contributed by atoms with Crippen LogP contribution in [-0.2, 0) is 6.54 Å². The van der Waals surface area contributed by atoms with E-state index >= 15 is 0 Å². The maximum absolute atomic E-state index is 5.96. The van der Waals surface area contributed by atoms with Crippen molar-refractivity contribution in [1.29, 1.82) is 0 Å². The first-order valence-corrected chi connectivity index (χ1v) is 6.68. The summed E-state index contributed by atoms with van der Waals surface area (Å²) in [5.41, 5.74) is 2.96. The van der Waals surface area contributed by atoms with Gasteiger partial charge in [-0.3, -0.25) is 4.98 Å². The molecule has 20 heavy (non-hydrogen) atoms. The van der Waals surface area contributed by atoms with Gasteiger partial charge in [-0.15, -0.1) is 0 Å². The molecule has 5 heteroatoms. The van der Waals surface area contributed by atoms with E-state index in [2.05, 4.69) is 20.3 Å². The van der Waals surface area contributed by atoms with Crippen molar-refractivity contribution in [1.82, 2.24) is 15.0 Å². The van der Waals surface area contributed by atoms with Crippen LogP contribution in [0.4, 0.5) is 5.82 Å². The van der Waals surface area contributed by atoms with E-state index in [0.717, 1.165) is 28.0 Å². The van der Waals surface area contributed by atoms with Gasteiger partial charge in [-0.25, -0.2) is 9.97 Å². The normalized spacial score (nSPS) is 10.7. The van der Waals surface area contributed by atoms with Crippen molar-refractivity contribution < 1.29 is 0 Å². The Labute approximate surface area is 121 Å². The lowest BCUT2D eigenvalue weighted by atomic mass is 10.2. The Morgan fingerprint density at radius 3 is 2.80 bits per heavy atom. The number of para-hydroxylation sites is 1. The first kappa shape index (κ1) is 12.8. The molecule has 0 saturated carbocycles. The molecule has 4 nitrogen and oxygen atoms in total. The summed E-state index contributed by atoms with van der Waals surface area (Å²) in [5, 5.41) is 4.48. The molecule has 0 amide bonds. The summed E-state index contributed by atoms with van der Waals surface area (Å²) in [6, 6.07) is 11.7. The van der Waals surface area contributed by atoms with Crippen molar-refractivity contribution in [2.75, 3.05) is 5.32 Å². The smallest absolute Gasteiger partial charge is 0.224 e. The van der Waals surface area contributed by atoms with Gasteiger partial charge in [0, 0.05) is 11.6 Å². The van der Waals surface area contributed by atoms with Crippen molar-refractivity contribution in [2.24, 2.45) is 0 Å². The third-order valence-electron chi connectivity index (χ3n) is 3.12. The fraction of sp³-hybridized carbons (Fsp3) is 0.133. The highest BCUT2D eigenvalue weighted by Gasteiger charge is 2.06. The molecule has 0 unspecified atom stereocenters. The van der Waals surface area contributed by atoms with Crippen LogP contribution in [0.3, 0.4) is 0 Å². The molecule has 1 N–H and O–H groups in total. The zero-order valence-corrected chi connectivity index (χ0v) is 11.7. The highest BCUT2D eigenvalue weighted by Crippen LogP contribution is 2.22. The van der Waals surface area contributed by atoms with E-state index in [4.69, 9.17) is 11.6 Å². The van der Waals surface area contributed by atoms with Crippen LogP contribution in [0.5, 0.6) is 0 Å². The lowest BCUT2D eigenvalue weighted by Gasteiger charge is -2.09. The van der Waals surface area contributed by atoms with Crippen molar-refractivity contribution >= 4 is 28.3 Å². The number of hydrogen-bond acceptors (Lipinski definition) is 4. The van der Waals surface area contributed by atoms with E-state index in [0.29, 0.717) is 6.54 Å². The average Bonchev–Trinajstić information content (AvgIpc) is 2.46. The van der Waals surface area contributed by atoms with E-state index in [1.165, 1.54) is 0 Å². The zero-order chi connectivity index (χ0) is 13.9. The van der Waals surface area contributed by atoms with Gasteiger partial charge in [-0.1, -0.05) is 18.2 Å². The lowest BCUT2D eigenvalue weighted by molar-refractivity contribution is 1.01. The zero-order valence-electron chi connectivity index (χ0n) is 11.0. The Bertz CT molecular complexity index is 758. The number of fused-ring (bicyclic) bond motifs is 1. The van der Waals surface area contributed by atoms with E-state index in [-0.39, 0.29) is 5.28 Å². The number of aromatic nitrogens is 3. The molecular formula is C15H13ClN4. The van der Waals surface area contributed by atoms with Gasteiger partial charge >= 0.3 is 0 Å². The van der Waals surface area contributed by atoms with Crippen LogP contribution in [0.15, 0.2) is 42.6 Å². The molecule has 0 saturated heterocycles. The van der Waals surface area contributed by atoms with Gasteiger partial charge in [-0.2, -0.15) is 0 Å². The Kier molecular flexibility index (Phi) is 3.48. The van der Waals surface area contributed by atoms with Crippen molar-refractivity contribution in [3.63, 3.8) is 0 Å².